The van der Waals surface area contributed by atoms with Crippen molar-refractivity contribution >= 4 is 28.9 Å². The van der Waals surface area contributed by atoms with E-state index < -0.39 is 0 Å². The van der Waals surface area contributed by atoms with Crippen LogP contribution in [0.25, 0.3) is 0 Å². The molecule has 2 N–H and O–H groups in total. The molecule has 6 heteroatoms. The van der Waals surface area contributed by atoms with Gasteiger partial charge >= 0.3 is 0 Å². The molecule has 2 heterocycles. The smallest absolute Gasteiger partial charge is 0.153 e. The molecule has 1 fully saturated rings. The Morgan fingerprint density at radius 1 is 1.00 bits per heavy atom. The van der Waals surface area contributed by atoms with E-state index in [9.17, 15) is 0 Å². The molecule has 0 atom stereocenters. The number of rotatable bonds is 2. The Bertz CT molecular complexity index is 643. The molecular formula is C16H20ClN5. The van der Waals surface area contributed by atoms with Crippen LogP contribution in [0.1, 0.15) is 12.0 Å². The Morgan fingerprint density at radius 3 is 2.45 bits per heavy atom. The highest BCUT2D eigenvalue weighted by molar-refractivity contribution is 6.35. The SMILES string of the molecule is Cc1ccc(N2CCCN(c3ncnc(N)c3Cl)CC2)cc1. The summed E-state index contributed by atoms with van der Waals surface area (Å²) >= 11 is 6.25. The molecule has 0 saturated carbocycles. The standard InChI is InChI=1S/C16H20ClN5/c1-12-3-5-13(6-4-12)21-7-2-8-22(10-9-21)16-14(17)15(18)19-11-20-16/h3-6,11H,2,7-10H2,1H3,(H2,18,19,20). The van der Waals surface area contributed by atoms with Crippen LogP contribution in [0.5, 0.6) is 0 Å². The zero-order valence-corrected chi connectivity index (χ0v) is 13.4. The van der Waals surface area contributed by atoms with Crippen LogP contribution in [-0.2, 0) is 0 Å². The number of hydrogen-bond acceptors (Lipinski definition) is 5. The lowest BCUT2D eigenvalue weighted by molar-refractivity contribution is 0.796. The summed E-state index contributed by atoms with van der Waals surface area (Å²) in [5.41, 5.74) is 8.32. The quantitative estimate of drug-likeness (QED) is 0.923. The van der Waals surface area contributed by atoms with Gasteiger partial charge in [0.2, 0.25) is 0 Å². The monoisotopic (exact) mass is 317 g/mol. The fraction of sp³-hybridized carbons (Fsp3) is 0.375. The third-order valence-electron chi connectivity index (χ3n) is 3.99. The Labute approximate surface area is 135 Å². The summed E-state index contributed by atoms with van der Waals surface area (Å²) in [6.07, 6.45) is 2.52. The number of benzene rings is 1. The Kier molecular flexibility index (Phi) is 4.34. The maximum absolute atomic E-state index is 6.25. The minimum Gasteiger partial charge on any atom is -0.382 e. The van der Waals surface area contributed by atoms with E-state index in [1.54, 1.807) is 0 Å². The third-order valence-corrected chi connectivity index (χ3v) is 4.36. The van der Waals surface area contributed by atoms with Crippen molar-refractivity contribution in [2.75, 3.05) is 41.7 Å². The first kappa shape index (κ1) is 14.9. The van der Waals surface area contributed by atoms with Gasteiger partial charge < -0.3 is 15.5 Å². The molecule has 0 spiro atoms. The molecule has 0 bridgehead atoms. The zero-order valence-electron chi connectivity index (χ0n) is 12.7. The Hall–Kier alpha value is -2.01. The van der Waals surface area contributed by atoms with E-state index in [-0.39, 0.29) is 0 Å². The molecular weight excluding hydrogens is 298 g/mol. The van der Waals surface area contributed by atoms with Crippen molar-refractivity contribution < 1.29 is 0 Å². The molecule has 1 aliphatic heterocycles. The molecule has 0 amide bonds. The van der Waals surface area contributed by atoms with Gasteiger partial charge in [-0.15, -0.1) is 0 Å². The number of nitrogen functional groups attached to an aromatic ring is 1. The van der Waals surface area contributed by atoms with E-state index in [0.717, 1.165) is 38.4 Å². The van der Waals surface area contributed by atoms with Crippen LogP contribution in [0, 0.1) is 6.92 Å². The second-order valence-corrected chi connectivity index (χ2v) is 5.94. The molecule has 1 saturated heterocycles. The molecule has 1 aromatic carbocycles. The predicted octanol–water partition coefficient (Wildman–Crippen LogP) is 2.74. The van der Waals surface area contributed by atoms with E-state index in [2.05, 4.69) is 51.0 Å². The summed E-state index contributed by atoms with van der Waals surface area (Å²) in [6, 6.07) is 8.67. The number of halogens is 1. The lowest BCUT2D eigenvalue weighted by atomic mass is 10.2. The summed E-state index contributed by atoms with van der Waals surface area (Å²) in [4.78, 5) is 12.8. The molecule has 1 aliphatic rings. The average molecular weight is 318 g/mol. The van der Waals surface area contributed by atoms with E-state index in [0.29, 0.717) is 10.8 Å². The highest BCUT2D eigenvalue weighted by Crippen LogP contribution is 2.28. The zero-order chi connectivity index (χ0) is 15.5. The average Bonchev–Trinajstić information content (AvgIpc) is 2.77. The number of aryl methyl sites for hydroxylation is 1. The van der Waals surface area contributed by atoms with E-state index >= 15 is 0 Å². The third kappa shape index (κ3) is 3.09. The molecule has 5 nitrogen and oxygen atoms in total. The van der Waals surface area contributed by atoms with Gasteiger partial charge in [-0.3, -0.25) is 0 Å². The maximum atomic E-state index is 6.25. The van der Waals surface area contributed by atoms with Crippen molar-refractivity contribution in [3.8, 4) is 0 Å². The topological polar surface area (TPSA) is 58.3 Å². The van der Waals surface area contributed by atoms with Crippen LogP contribution in [0.2, 0.25) is 5.02 Å². The van der Waals surface area contributed by atoms with Crippen LogP contribution >= 0.6 is 11.6 Å². The van der Waals surface area contributed by atoms with Gasteiger partial charge in [0.05, 0.1) is 0 Å². The lowest BCUT2D eigenvalue weighted by Gasteiger charge is -2.24. The molecule has 2 aromatic rings. The summed E-state index contributed by atoms with van der Waals surface area (Å²) in [5, 5.41) is 0.450. The van der Waals surface area contributed by atoms with E-state index in [1.807, 2.05) is 0 Å². The fourth-order valence-electron chi connectivity index (χ4n) is 2.74. The second kappa shape index (κ2) is 6.40. The molecule has 3 rings (SSSR count). The molecule has 0 aliphatic carbocycles. The maximum Gasteiger partial charge on any atom is 0.153 e. The molecule has 0 unspecified atom stereocenters. The highest BCUT2D eigenvalue weighted by Gasteiger charge is 2.19. The van der Waals surface area contributed by atoms with Gasteiger partial charge in [-0.2, -0.15) is 0 Å². The Balaban J connectivity index is 1.74. The van der Waals surface area contributed by atoms with Crippen LogP contribution < -0.4 is 15.5 Å². The van der Waals surface area contributed by atoms with Gasteiger partial charge in [-0.1, -0.05) is 29.3 Å². The predicted molar refractivity (Wildman–Crippen MR) is 91.7 cm³/mol. The highest BCUT2D eigenvalue weighted by atomic mass is 35.5. The summed E-state index contributed by atoms with van der Waals surface area (Å²) < 4.78 is 0. The number of anilines is 3. The molecule has 22 heavy (non-hydrogen) atoms. The van der Waals surface area contributed by atoms with Gasteiger partial charge in [0.1, 0.15) is 17.2 Å². The first-order valence-corrected chi connectivity index (χ1v) is 7.85. The van der Waals surface area contributed by atoms with E-state index in [1.165, 1.54) is 17.6 Å². The normalized spacial score (nSPS) is 15.7. The first-order chi connectivity index (χ1) is 10.6. The van der Waals surface area contributed by atoms with Gasteiger partial charge in [-0.25, -0.2) is 9.97 Å². The van der Waals surface area contributed by atoms with Crippen molar-refractivity contribution in [1.29, 1.82) is 0 Å². The minimum absolute atomic E-state index is 0.339. The van der Waals surface area contributed by atoms with Crippen LogP contribution in [0.4, 0.5) is 17.3 Å². The van der Waals surface area contributed by atoms with Crippen molar-refractivity contribution in [2.24, 2.45) is 0 Å². The fourth-order valence-corrected chi connectivity index (χ4v) is 2.95. The van der Waals surface area contributed by atoms with Gasteiger partial charge in [-0.05, 0) is 25.5 Å². The summed E-state index contributed by atoms with van der Waals surface area (Å²) in [6.45, 7) is 5.85. The van der Waals surface area contributed by atoms with Crippen LogP contribution in [0.3, 0.4) is 0 Å². The lowest BCUT2D eigenvalue weighted by Crippen LogP contribution is -2.31. The molecule has 1 aromatic heterocycles. The largest absolute Gasteiger partial charge is 0.382 e. The van der Waals surface area contributed by atoms with Crippen LogP contribution in [0.15, 0.2) is 30.6 Å². The van der Waals surface area contributed by atoms with E-state index in [4.69, 9.17) is 17.3 Å². The number of nitrogens with zero attached hydrogens (tertiary/aromatic N) is 4. The van der Waals surface area contributed by atoms with Crippen molar-refractivity contribution in [2.45, 2.75) is 13.3 Å². The van der Waals surface area contributed by atoms with Gasteiger partial charge in [0.25, 0.3) is 0 Å². The Morgan fingerprint density at radius 2 is 1.68 bits per heavy atom. The molecule has 0 radical (unpaired) electrons. The molecule has 116 valence electrons. The summed E-state index contributed by atoms with van der Waals surface area (Å²) in [7, 11) is 0. The van der Waals surface area contributed by atoms with Crippen LogP contribution in [-0.4, -0.2) is 36.1 Å². The van der Waals surface area contributed by atoms with Crippen molar-refractivity contribution in [1.82, 2.24) is 9.97 Å². The first-order valence-electron chi connectivity index (χ1n) is 7.47. The number of aromatic nitrogens is 2. The second-order valence-electron chi connectivity index (χ2n) is 5.56. The number of nitrogens with two attached hydrogens (primary N) is 1. The van der Waals surface area contributed by atoms with Crippen molar-refractivity contribution in [3.63, 3.8) is 0 Å². The van der Waals surface area contributed by atoms with Gasteiger partial charge in [0, 0.05) is 31.9 Å². The van der Waals surface area contributed by atoms with Gasteiger partial charge in [0.15, 0.2) is 5.82 Å². The summed E-state index contributed by atoms with van der Waals surface area (Å²) in [5.74, 6) is 1.08. The minimum atomic E-state index is 0.339. The number of hydrogen-bond donors (Lipinski definition) is 1. The van der Waals surface area contributed by atoms with Crippen molar-refractivity contribution in [3.05, 3.63) is 41.2 Å².